The van der Waals surface area contributed by atoms with Gasteiger partial charge >= 0.3 is 0 Å². The molecule has 6 heteroatoms. The topological polar surface area (TPSA) is 82.5 Å². The summed E-state index contributed by atoms with van der Waals surface area (Å²) in [5.74, 6) is 0.273. The van der Waals surface area contributed by atoms with Crippen LogP contribution in [0.4, 0.5) is 5.95 Å². The molecular weight excluding hydrogens is 168 g/mol. The molecule has 0 fully saturated rings. The zero-order valence-corrected chi connectivity index (χ0v) is 7.05. The van der Waals surface area contributed by atoms with Gasteiger partial charge in [-0.3, -0.25) is 4.57 Å². The first-order chi connectivity index (χ1) is 6.27. The Bertz CT molecular complexity index is 407. The summed E-state index contributed by atoms with van der Waals surface area (Å²) in [5, 5.41) is 7.38. The molecule has 0 amide bonds. The third-order valence-corrected chi connectivity index (χ3v) is 1.67. The van der Waals surface area contributed by atoms with Crippen molar-refractivity contribution in [2.75, 3.05) is 5.73 Å². The Morgan fingerprint density at radius 2 is 2.00 bits per heavy atom. The fourth-order valence-electron chi connectivity index (χ4n) is 1.06. The molecule has 0 atom stereocenters. The maximum absolute atomic E-state index is 5.42. The molecule has 2 N–H and O–H groups in total. The normalized spacial score (nSPS) is 10.2. The second kappa shape index (κ2) is 2.81. The van der Waals surface area contributed by atoms with Gasteiger partial charge in [0.1, 0.15) is 12.7 Å². The zero-order chi connectivity index (χ0) is 9.26. The van der Waals surface area contributed by atoms with E-state index in [1.807, 2.05) is 6.92 Å². The van der Waals surface area contributed by atoms with Crippen LogP contribution < -0.4 is 5.73 Å². The molecule has 0 aromatic carbocycles. The molecule has 2 heterocycles. The largest absolute Gasteiger partial charge is 0.368 e. The van der Waals surface area contributed by atoms with Crippen LogP contribution in [-0.2, 0) is 0 Å². The van der Waals surface area contributed by atoms with Gasteiger partial charge in [0, 0.05) is 0 Å². The molecule has 2 aromatic rings. The first-order valence-electron chi connectivity index (χ1n) is 3.71. The Balaban J connectivity index is 2.53. The van der Waals surface area contributed by atoms with Gasteiger partial charge in [0.15, 0.2) is 0 Å². The monoisotopic (exact) mass is 176 g/mol. The molecule has 2 aromatic heterocycles. The molecule has 66 valence electrons. The Kier molecular flexibility index (Phi) is 1.66. The van der Waals surface area contributed by atoms with Crippen molar-refractivity contribution in [2.24, 2.45) is 0 Å². The standard InChI is InChI=1S/C7H8N6/c1-5-6(2-9-7(8)12-5)13-3-10-11-4-13/h2-4H,1H3,(H2,8,9,12). The van der Waals surface area contributed by atoms with Gasteiger partial charge in [-0.2, -0.15) is 0 Å². The number of nitrogens with zero attached hydrogens (tertiary/aromatic N) is 5. The second-order valence-electron chi connectivity index (χ2n) is 2.57. The van der Waals surface area contributed by atoms with Gasteiger partial charge < -0.3 is 5.73 Å². The Morgan fingerprint density at radius 3 is 2.62 bits per heavy atom. The quantitative estimate of drug-likeness (QED) is 0.658. The minimum absolute atomic E-state index is 0.273. The first-order valence-corrected chi connectivity index (χ1v) is 3.71. The summed E-state index contributed by atoms with van der Waals surface area (Å²) in [7, 11) is 0. The van der Waals surface area contributed by atoms with Crippen LogP contribution in [0.3, 0.4) is 0 Å². The lowest BCUT2D eigenvalue weighted by Crippen LogP contribution is -2.02. The average molecular weight is 176 g/mol. The number of aryl methyl sites for hydroxylation is 1. The molecule has 0 aliphatic rings. The van der Waals surface area contributed by atoms with Crippen molar-refractivity contribution in [3.8, 4) is 5.69 Å². The molecule has 0 aliphatic carbocycles. The van der Waals surface area contributed by atoms with Crippen molar-refractivity contribution in [1.29, 1.82) is 0 Å². The third-order valence-electron chi connectivity index (χ3n) is 1.67. The molecule has 0 spiro atoms. The minimum Gasteiger partial charge on any atom is -0.368 e. The van der Waals surface area contributed by atoms with Crippen LogP contribution in [0.2, 0.25) is 0 Å². The summed E-state index contributed by atoms with van der Waals surface area (Å²) in [6.45, 7) is 1.85. The Morgan fingerprint density at radius 1 is 1.31 bits per heavy atom. The number of hydrogen-bond acceptors (Lipinski definition) is 5. The molecule has 0 saturated heterocycles. The summed E-state index contributed by atoms with van der Waals surface area (Å²) < 4.78 is 1.73. The fourth-order valence-corrected chi connectivity index (χ4v) is 1.06. The third kappa shape index (κ3) is 1.33. The highest BCUT2D eigenvalue weighted by Crippen LogP contribution is 2.09. The van der Waals surface area contributed by atoms with Crippen LogP contribution in [0.15, 0.2) is 18.9 Å². The molecular formula is C7H8N6. The van der Waals surface area contributed by atoms with E-state index in [0.717, 1.165) is 11.4 Å². The van der Waals surface area contributed by atoms with E-state index in [-0.39, 0.29) is 5.95 Å². The van der Waals surface area contributed by atoms with Crippen molar-refractivity contribution in [3.05, 3.63) is 24.5 Å². The number of nitrogen functional groups attached to an aromatic ring is 1. The van der Waals surface area contributed by atoms with Gasteiger partial charge in [-0.05, 0) is 6.92 Å². The lowest BCUT2D eigenvalue weighted by Gasteiger charge is -2.03. The summed E-state index contributed by atoms with van der Waals surface area (Å²) in [4.78, 5) is 7.91. The first kappa shape index (κ1) is 7.66. The highest BCUT2D eigenvalue weighted by Gasteiger charge is 2.02. The SMILES string of the molecule is Cc1nc(N)ncc1-n1cnnc1. The van der Waals surface area contributed by atoms with Crippen LogP contribution in [0, 0.1) is 6.92 Å². The van der Waals surface area contributed by atoms with E-state index in [1.54, 1.807) is 23.4 Å². The Hall–Kier alpha value is -1.98. The summed E-state index contributed by atoms with van der Waals surface area (Å²) in [6, 6.07) is 0. The molecule has 0 unspecified atom stereocenters. The highest BCUT2D eigenvalue weighted by atomic mass is 15.2. The number of anilines is 1. The number of rotatable bonds is 1. The van der Waals surface area contributed by atoms with E-state index in [4.69, 9.17) is 5.73 Å². The summed E-state index contributed by atoms with van der Waals surface area (Å²) in [6.07, 6.45) is 4.81. The Labute approximate surface area is 74.5 Å². The highest BCUT2D eigenvalue weighted by molar-refractivity contribution is 5.36. The molecule has 0 bridgehead atoms. The van der Waals surface area contributed by atoms with Crippen molar-refractivity contribution < 1.29 is 0 Å². The van der Waals surface area contributed by atoms with Crippen LogP contribution >= 0.6 is 0 Å². The van der Waals surface area contributed by atoms with Crippen molar-refractivity contribution in [3.63, 3.8) is 0 Å². The van der Waals surface area contributed by atoms with Gasteiger partial charge in [0.05, 0.1) is 17.6 Å². The molecule has 0 radical (unpaired) electrons. The molecule has 13 heavy (non-hydrogen) atoms. The minimum atomic E-state index is 0.273. The van der Waals surface area contributed by atoms with E-state index < -0.39 is 0 Å². The molecule has 6 nitrogen and oxygen atoms in total. The zero-order valence-electron chi connectivity index (χ0n) is 7.05. The van der Waals surface area contributed by atoms with Crippen LogP contribution in [0.5, 0.6) is 0 Å². The van der Waals surface area contributed by atoms with Gasteiger partial charge in [-0.1, -0.05) is 0 Å². The number of nitrogens with two attached hydrogens (primary N) is 1. The second-order valence-corrected chi connectivity index (χ2v) is 2.57. The smallest absolute Gasteiger partial charge is 0.220 e. The van der Waals surface area contributed by atoms with Crippen molar-refractivity contribution in [1.82, 2.24) is 24.7 Å². The predicted molar refractivity (Wildman–Crippen MR) is 46.1 cm³/mol. The van der Waals surface area contributed by atoms with E-state index in [9.17, 15) is 0 Å². The number of hydrogen-bond donors (Lipinski definition) is 1. The summed E-state index contributed by atoms with van der Waals surface area (Å²) in [5.41, 5.74) is 7.05. The van der Waals surface area contributed by atoms with Gasteiger partial charge in [-0.15, -0.1) is 10.2 Å². The van der Waals surface area contributed by atoms with E-state index in [2.05, 4.69) is 20.2 Å². The number of aromatic nitrogens is 5. The predicted octanol–water partition coefficient (Wildman–Crippen LogP) is -0.0521. The maximum Gasteiger partial charge on any atom is 0.220 e. The van der Waals surface area contributed by atoms with E-state index in [1.165, 1.54) is 0 Å². The fraction of sp³-hybridized carbons (Fsp3) is 0.143. The lowest BCUT2D eigenvalue weighted by atomic mass is 10.4. The molecule has 0 saturated carbocycles. The average Bonchev–Trinajstić information content (AvgIpc) is 2.56. The van der Waals surface area contributed by atoms with Crippen LogP contribution in [-0.4, -0.2) is 24.7 Å². The molecule has 0 aliphatic heterocycles. The lowest BCUT2D eigenvalue weighted by molar-refractivity contribution is 0.978. The van der Waals surface area contributed by atoms with E-state index in [0.29, 0.717) is 0 Å². The van der Waals surface area contributed by atoms with E-state index >= 15 is 0 Å². The van der Waals surface area contributed by atoms with Crippen molar-refractivity contribution in [2.45, 2.75) is 6.92 Å². The van der Waals surface area contributed by atoms with Gasteiger partial charge in [0.25, 0.3) is 0 Å². The van der Waals surface area contributed by atoms with Gasteiger partial charge in [0.2, 0.25) is 5.95 Å². The van der Waals surface area contributed by atoms with Crippen LogP contribution in [0.25, 0.3) is 5.69 Å². The van der Waals surface area contributed by atoms with Crippen molar-refractivity contribution >= 4 is 5.95 Å². The molecule has 2 rings (SSSR count). The maximum atomic E-state index is 5.42. The van der Waals surface area contributed by atoms with Crippen LogP contribution in [0.1, 0.15) is 5.69 Å². The van der Waals surface area contributed by atoms with Gasteiger partial charge in [-0.25, -0.2) is 9.97 Å². The summed E-state index contributed by atoms with van der Waals surface area (Å²) >= 11 is 0.